The molecule has 0 fully saturated rings. The van der Waals surface area contributed by atoms with Crippen LogP contribution in [0.3, 0.4) is 0 Å². The van der Waals surface area contributed by atoms with E-state index in [1.807, 2.05) is 6.07 Å². The van der Waals surface area contributed by atoms with Gasteiger partial charge in [0.1, 0.15) is 23.3 Å². The van der Waals surface area contributed by atoms with Crippen molar-refractivity contribution in [1.29, 1.82) is 5.26 Å². The Bertz CT molecular complexity index is 1030. The summed E-state index contributed by atoms with van der Waals surface area (Å²) < 4.78 is 10.7. The molecule has 0 aliphatic carbocycles. The van der Waals surface area contributed by atoms with E-state index in [1.165, 1.54) is 0 Å². The van der Waals surface area contributed by atoms with Gasteiger partial charge in [-0.2, -0.15) is 5.26 Å². The second-order valence-corrected chi connectivity index (χ2v) is 5.66. The summed E-state index contributed by atoms with van der Waals surface area (Å²) in [6.45, 7) is 1.75. The molecular weight excluding hydrogens is 356 g/mol. The minimum Gasteiger partial charge on any atom is -0.505 e. The molecule has 130 valence electrons. The summed E-state index contributed by atoms with van der Waals surface area (Å²) in [6, 6.07) is 13.5. The van der Waals surface area contributed by atoms with Crippen LogP contribution in [0.4, 0.5) is 0 Å². The predicted octanol–water partition coefficient (Wildman–Crippen LogP) is 4.43. The van der Waals surface area contributed by atoms with Crippen molar-refractivity contribution in [2.75, 3.05) is 6.61 Å². The summed E-state index contributed by atoms with van der Waals surface area (Å²) >= 11 is 5.87. The Balaban J connectivity index is 2.20. The molecule has 7 heteroatoms. The van der Waals surface area contributed by atoms with Crippen LogP contribution in [0.1, 0.15) is 23.1 Å². The summed E-state index contributed by atoms with van der Waals surface area (Å²) in [4.78, 5) is 16.0. The molecule has 0 aliphatic rings. The number of benzene rings is 2. The number of pyridine rings is 1. The summed E-state index contributed by atoms with van der Waals surface area (Å²) in [5.74, 6) is -0.465. The van der Waals surface area contributed by atoms with Crippen LogP contribution in [0.5, 0.6) is 17.2 Å². The third-order valence-electron chi connectivity index (χ3n) is 3.58. The zero-order valence-corrected chi connectivity index (χ0v) is 14.4. The minimum atomic E-state index is -0.815. The molecule has 0 amide bonds. The highest BCUT2D eigenvalue weighted by Crippen LogP contribution is 2.39. The zero-order valence-electron chi connectivity index (χ0n) is 13.7. The number of carbonyl (C=O) groups excluding carboxylic acids is 1. The fourth-order valence-electron chi connectivity index (χ4n) is 2.46. The smallest absolute Gasteiger partial charge is 0.360 e. The van der Waals surface area contributed by atoms with Gasteiger partial charge in [0, 0.05) is 10.4 Å². The topological polar surface area (TPSA) is 92.4 Å². The average molecular weight is 369 g/mol. The van der Waals surface area contributed by atoms with E-state index in [-0.39, 0.29) is 29.1 Å². The van der Waals surface area contributed by atoms with Gasteiger partial charge in [-0.25, -0.2) is 9.78 Å². The molecule has 0 aliphatic heterocycles. The molecule has 0 unspecified atom stereocenters. The van der Waals surface area contributed by atoms with Gasteiger partial charge in [-0.05, 0) is 37.3 Å². The van der Waals surface area contributed by atoms with Crippen molar-refractivity contribution >= 4 is 28.3 Å². The van der Waals surface area contributed by atoms with Crippen molar-refractivity contribution in [2.24, 2.45) is 0 Å². The molecule has 1 aromatic heterocycles. The second-order valence-electron chi connectivity index (χ2n) is 5.22. The SMILES string of the molecule is CCOC(=O)c1nc(C#N)c2cccc(Oc3ccc(Cl)cc3)c2c1O. The van der Waals surface area contributed by atoms with Gasteiger partial charge in [-0.15, -0.1) is 0 Å². The quantitative estimate of drug-likeness (QED) is 0.684. The molecule has 3 rings (SSSR count). The van der Waals surface area contributed by atoms with E-state index in [1.54, 1.807) is 49.4 Å². The third-order valence-corrected chi connectivity index (χ3v) is 3.83. The Hall–Kier alpha value is -3.30. The number of carbonyl (C=O) groups is 1. The molecule has 0 radical (unpaired) electrons. The van der Waals surface area contributed by atoms with Crippen LogP contribution in [0, 0.1) is 11.3 Å². The first-order chi connectivity index (χ1) is 12.5. The molecule has 0 saturated carbocycles. The van der Waals surface area contributed by atoms with Crippen LogP contribution in [0.25, 0.3) is 10.8 Å². The molecule has 3 aromatic rings. The lowest BCUT2D eigenvalue weighted by molar-refractivity contribution is 0.0516. The molecule has 0 saturated heterocycles. The minimum absolute atomic E-state index is 0.0117. The van der Waals surface area contributed by atoms with Gasteiger partial charge in [0.25, 0.3) is 0 Å². The lowest BCUT2D eigenvalue weighted by atomic mass is 10.1. The van der Waals surface area contributed by atoms with Gasteiger partial charge in [-0.3, -0.25) is 0 Å². The number of ether oxygens (including phenoxy) is 2. The van der Waals surface area contributed by atoms with Crippen molar-refractivity contribution in [3.8, 4) is 23.3 Å². The molecule has 6 nitrogen and oxygen atoms in total. The maximum atomic E-state index is 12.1. The van der Waals surface area contributed by atoms with Gasteiger partial charge in [0.15, 0.2) is 11.4 Å². The number of hydrogen-bond acceptors (Lipinski definition) is 6. The van der Waals surface area contributed by atoms with E-state index in [4.69, 9.17) is 21.1 Å². The van der Waals surface area contributed by atoms with Crippen LogP contribution in [-0.4, -0.2) is 22.7 Å². The van der Waals surface area contributed by atoms with Crippen molar-refractivity contribution < 1.29 is 19.4 Å². The van der Waals surface area contributed by atoms with Crippen molar-refractivity contribution in [2.45, 2.75) is 6.92 Å². The van der Waals surface area contributed by atoms with Gasteiger partial charge in [-0.1, -0.05) is 23.7 Å². The monoisotopic (exact) mass is 368 g/mol. The molecule has 0 spiro atoms. The predicted molar refractivity (Wildman–Crippen MR) is 95.6 cm³/mol. The van der Waals surface area contributed by atoms with E-state index in [2.05, 4.69) is 4.98 Å². The van der Waals surface area contributed by atoms with Crippen LogP contribution >= 0.6 is 11.6 Å². The molecular formula is C19H13ClN2O4. The number of nitriles is 1. The highest BCUT2D eigenvalue weighted by atomic mass is 35.5. The normalized spacial score (nSPS) is 10.3. The van der Waals surface area contributed by atoms with Crippen LogP contribution in [0.15, 0.2) is 42.5 Å². The largest absolute Gasteiger partial charge is 0.505 e. The standard InChI is InChI=1S/C19H13ClN2O4/c1-2-25-19(24)17-18(23)16-13(14(10-21)22-17)4-3-5-15(16)26-12-8-6-11(20)7-9-12/h3-9,23H,2H2,1H3. The van der Waals surface area contributed by atoms with Crippen molar-refractivity contribution in [3.63, 3.8) is 0 Å². The van der Waals surface area contributed by atoms with Gasteiger partial charge < -0.3 is 14.6 Å². The number of aromatic hydroxyl groups is 1. The Morgan fingerprint density at radius 1 is 1.27 bits per heavy atom. The summed E-state index contributed by atoms with van der Waals surface area (Å²) in [7, 11) is 0. The zero-order chi connectivity index (χ0) is 18.7. The fourth-order valence-corrected chi connectivity index (χ4v) is 2.58. The molecule has 0 bridgehead atoms. The Morgan fingerprint density at radius 2 is 2.00 bits per heavy atom. The highest BCUT2D eigenvalue weighted by molar-refractivity contribution is 6.30. The molecule has 1 N–H and O–H groups in total. The van der Waals surface area contributed by atoms with Crippen LogP contribution < -0.4 is 4.74 Å². The van der Waals surface area contributed by atoms with E-state index < -0.39 is 11.7 Å². The van der Waals surface area contributed by atoms with E-state index in [0.29, 0.717) is 16.2 Å². The Kier molecular flexibility index (Phi) is 4.92. The van der Waals surface area contributed by atoms with E-state index in [9.17, 15) is 15.2 Å². The Morgan fingerprint density at radius 3 is 2.65 bits per heavy atom. The first-order valence-corrected chi connectivity index (χ1v) is 8.09. The number of esters is 1. The van der Waals surface area contributed by atoms with Gasteiger partial charge in [0.2, 0.25) is 0 Å². The number of fused-ring (bicyclic) bond motifs is 1. The molecule has 0 atom stereocenters. The second kappa shape index (κ2) is 7.30. The van der Waals surface area contributed by atoms with Crippen molar-refractivity contribution in [3.05, 3.63) is 58.9 Å². The molecule has 1 heterocycles. The summed E-state index contributed by atoms with van der Waals surface area (Å²) in [5.41, 5.74) is -0.342. The lowest BCUT2D eigenvalue weighted by Crippen LogP contribution is -2.09. The van der Waals surface area contributed by atoms with E-state index in [0.717, 1.165) is 0 Å². The van der Waals surface area contributed by atoms with Crippen LogP contribution in [0.2, 0.25) is 5.02 Å². The molecule has 2 aromatic carbocycles. The maximum Gasteiger partial charge on any atom is 0.360 e. The number of rotatable bonds is 4. The van der Waals surface area contributed by atoms with E-state index >= 15 is 0 Å². The van der Waals surface area contributed by atoms with Gasteiger partial charge in [0.05, 0.1) is 12.0 Å². The molecule has 26 heavy (non-hydrogen) atoms. The van der Waals surface area contributed by atoms with Gasteiger partial charge >= 0.3 is 5.97 Å². The average Bonchev–Trinajstić information content (AvgIpc) is 2.64. The number of aromatic nitrogens is 1. The highest BCUT2D eigenvalue weighted by Gasteiger charge is 2.22. The fraction of sp³-hybridized carbons (Fsp3) is 0.105. The first kappa shape index (κ1) is 17.5. The Labute approximate surface area is 154 Å². The summed E-state index contributed by atoms with van der Waals surface area (Å²) in [6.07, 6.45) is 0. The number of halogens is 1. The number of hydrogen-bond donors (Lipinski definition) is 1. The third kappa shape index (κ3) is 3.25. The van der Waals surface area contributed by atoms with Crippen molar-refractivity contribution in [1.82, 2.24) is 4.98 Å². The maximum absolute atomic E-state index is 12.1. The summed E-state index contributed by atoms with van der Waals surface area (Å²) in [5, 5.41) is 21.1. The first-order valence-electron chi connectivity index (χ1n) is 7.71. The van der Waals surface area contributed by atoms with Crippen LogP contribution in [-0.2, 0) is 4.74 Å². The lowest BCUT2D eigenvalue weighted by Gasteiger charge is -2.13. The number of nitrogens with zero attached hydrogens (tertiary/aromatic N) is 2.